The first-order chi connectivity index (χ1) is 15.8. The summed E-state index contributed by atoms with van der Waals surface area (Å²) in [5.41, 5.74) is 0.519. The molecule has 3 amide bonds. The average Bonchev–Trinajstić information content (AvgIpc) is 3.37. The summed E-state index contributed by atoms with van der Waals surface area (Å²) >= 11 is 6.11. The van der Waals surface area contributed by atoms with Crippen molar-refractivity contribution in [2.75, 3.05) is 57.3 Å². The van der Waals surface area contributed by atoms with Crippen molar-refractivity contribution in [3.63, 3.8) is 0 Å². The zero-order chi connectivity index (χ0) is 23.6. The van der Waals surface area contributed by atoms with Gasteiger partial charge in [-0.25, -0.2) is 0 Å². The van der Waals surface area contributed by atoms with Gasteiger partial charge >= 0.3 is 0 Å². The number of carbonyl (C=O) groups is 3. The predicted octanol–water partition coefficient (Wildman–Crippen LogP) is 1.34. The molecule has 4 rings (SSSR count). The van der Waals surface area contributed by atoms with Gasteiger partial charge in [-0.2, -0.15) is 0 Å². The van der Waals surface area contributed by atoms with Crippen LogP contribution in [0.5, 0.6) is 0 Å². The Balaban J connectivity index is 1.20. The van der Waals surface area contributed by atoms with Crippen molar-refractivity contribution in [1.29, 1.82) is 0 Å². The molecule has 180 valence electrons. The van der Waals surface area contributed by atoms with E-state index >= 15 is 0 Å². The van der Waals surface area contributed by atoms with E-state index in [4.69, 9.17) is 11.6 Å². The second-order valence-corrected chi connectivity index (χ2v) is 10.2. The highest BCUT2D eigenvalue weighted by Gasteiger charge is 2.53. The molecule has 1 spiro atoms. The van der Waals surface area contributed by atoms with Crippen molar-refractivity contribution < 1.29 is 14.4 Å². The number of halogens is 1. The van der Waals surface area contributed by atoms with Crippen LogP contribution < -0.4 is 15.5 Å². The summed E-state index contributed by atoms with van der Waals surface area (Å²) in [4.78, 5) is 44.2. The van der Waals surface area contributed by atoms with Crippen LogP contribution in [-0.2, 0) is 14.4 Å². The summed E-state index contributed by atoms with van der Waals surface area (Å²) in [6.45, 7) is 9.74. The van der Waals surface area contributed by atoms with Crippen LogP contribution in [0.25, 0.3) is 0 Å². The first-order valence-corrected chi connectivity index (χ1v) is 12.3. The van der Waals surface area contributed by atoms with Crippen LogP contribution >= 0.6 is 11.6 Å². The lowest BCUT2D eigenvalue weighted by Gasteiger charge is -2.36. The number of anilines is 1. The number of nitrogens with zero attached hydrogens (tertiary/aromatic N) is 3. The van der Waals surface area contributed by atoms with Gasteiger partial charge in [-0.15, -0.1) is 0 Å². The topological polar surface area (TPSA) is 85.0 Å². The zero-order valence-corrected chi connectivity index (χ0v) is 20.2. The van der Waals surface area contributed by atoms with E-state index in [-0.39, 0.29) is 23.6 Å². The third-order valence-electron chi connectivity index (χ3n) is 7.13. The fraction of sp³-hybridized carbons (Fsp3) is 0.625. The Morgan fingerprint density at radius 2 is 1.97 bits per heavy atom. The van der Waals surface area contributed by atoms with E-state index in [1.807, 2.05) is 32.0 Å². The Bertz CT molecular complexity index is 902. The zero-order valence-electron chi connectivity index (χ0n) is 19.5. The minimum Gasteiger partial charge on any atom is -0.369 e. The second-order valence-electron chi connectivity index (χ2n) is 9.77. The SMILES string of the molecule is CC(C)C(=O)N1CC[C@@]2(C[C@@H](C(=O)NCCN3CCN(c4cccc(Cl)c4)CC3)NC2=O)C1. The smallest absolute Gasteiger partial charge is 0.242 e. The van der Waals surface area contributed by atoms with Gasteiger partial charge in [0, 0.05) is 69.0 Å². The maximum Gasteiger partial charge on any atom is 0.242 e. The number of likely N-dealkylation sites (tertiary alicyclic amines) is 1. The summed E-state index contributed by atoms with van der Waals surface area (Å²) in [6, 6.07) is 7.39. The molecule has 3 heterocycles. The summed E-state index contributed by atoms with van der Waals surface area (Å²) in [7, 11) is 0. The summed E-state index contributed by atoms with van der Waals surface area (Å²) in [6.07, 6.45) is 1.08. The van der Waals surface area contributed by atoms with Gasteiger partial charge in [0.25, 0.3) is 0 Å². The normalized spacial score (nSPS) is 25.7. The molecule has 3 fully saturated rings. The number of rotatable bonds is 6. The van der Waals surface area contributed by atoms with Crippen LogP contribution in [-0.4, -0.2) is 85.9 Å². The lowest BCUT2D eigenvalue weighted by molar-refractivity contribution is -0.134. The maximum atomic E-state index is 12.7. The highest BCUT2D eigenvalue weighted by Crippen LogP contribution is 2.40. The van der Waals surface area contributed by atoms with Crippen LogP contribution in [0.15, 0.2) is 24.3 Å². The molecule has 0 radical (unpaired) electrons. The molecule has 1 aromatic carbocycles. The first-order valence-electron chi connectivity index (χ1n) is 11.9. The van der Waals surface area contributed by atoms with Gasteiger partial charge in [0.05, 0.1) is 5.41 Å². The highest BCUT2D eigenvalue weighted by molar-refractivity contribution is 6.30. The molecule has 3 saturated heterocycles. The van der Waals surface area contributed by atoms with Crippen LogP contribution in [0.4, 0.5) is 5.69 Å². The van der Waals surface area contributed by atoms with Gasteiger partial charge in [0.15, 0.2) is 0 Å². The number of benzene rings is 1. The molecule has 9 heteroatoms. The first kappa shape index (κ1) is 23.8. The molecule has 0 aromatic heterocycles. The molecule has 0 unspecified atom stereocenters. The van der Waals surface area contributed by atoms with Crippen molar-refractivity contribution in [1.82, 2.24) is 20.4 Å². The van der Waals surface area contributed by atoms with E-state index in [1.54, 1.807) is 4.90 Å². The largest absolute Gasteiger partial charge is 0.369 e. The monoisotopic (exact) mass is 475 g/mol. The summed E-state index contributed by atoms with van der Waals surface area (Å²) in [5.74, 6) is -0.246. The molecule has 2 N–H and O–H groups in total. The minimum absolute atomic E-state index is 0.0723. The molecular formula is C24H34ClN5O3. The molecule has 33 heavy (non-hydrogen) atoms. The molecule has 2 atom stereocenters. The highest BCUT2D eigenvalue weighted by atomic mass is 35.5. The van der Waals surface area contributed by atoms with Crippen LogP contribution in [0.3, 0.4) is 0 Å². The van der Waals surface area contributed by atoms with Crippen molar-refractivity contribution in [2.24, 2.45) is 11.3 Å². The Hall–Kier alpha value is -2.32. The Morgan fingerprint density at radius 3 is 2.67 bits per heavy atom. The van der Waals surface area contributed by atoms with E-state index < -0.39 is 11.5 Å². The Morgan fingerprint density at radius 1 is 1.21 bits per heavy atom. The quantitative estimate of drug-likeness (QED) is 0.648. The van der Waals surface area contributed by atoms with Crippen molar-refractivity contribution in [3.8, 4) is 0 Å². The summed E-state index contributed by atoms with van der Waals surface area (Å²) in [5, 5.41) is 6.61. The van der Waals surface area contributed by atoms with E-state index in [0.717, 1.165) is 43.4 Å². The Labute approximate surface area is 200 Å². The van der Waals surface area contributed by atoms with E-state index in [9.17, 15) is 14.4 Å². The molecule has 0 bridgehead atoms. The van der Waals surface area contributed by atoms with Gasteiger partial charge in [-0.05, 0) is 31.0 Å². The van der Waals surface area contributed by atoms with Gasteiger partial charge in [-0.1, -0.05) is 31.5 Å². The van der Waals surface area contributed by atoms with Gasteiger partial charge in [-0.3, -0.25) is 19.3 Å². The predicted molar refractivity (Wildman–Crippen MR) is 128 cm³/mol. The Kier molecular flexibility index (Phi) is 7.14. The summed E-state index contributed by atoms with van der Waals surface area (Å²) < 4.78 is 0. The number of carbonyl (C=O) groups excluding carboxylic acids is 3. The molecule has 0 saturated carbocycles. The molecular weight excluding hydrogens is 442 g/mol. The maximum absolute atomic E-state index is 12.7. The van der Waals surface area contributed by atoms with Crippen molar-refractivity contribution in [3.05, 3.63) is 29.3 Å². The molecule has 8 nitrogen and oxygen atoms in total. The number of piperazine rings is 1. The standard InChI is InChI=1S/C24H34ClN5O3/c1-17(2)22(32)30-8-6-24(16-30)15-20(27-23(24)33)21(31)26-7-9-28-10-12-29(13-11-28)19-5-3-4-18(25)14-19/h3-5,14,17,20H,6-13,15-16H2,1-2H3,(H,26,31)(H,27,33)/t20-,24+/m0/s1. The fourth-order valence-corrected chi connectivity index (χ4v) is 5.33. The van der Waals surface area contributed by atoms with Crippen molar-refractivity contribution >= 4 is 35.0 Å². The van der Waals surface area contributed by atoms with Crippen LogP contribution in [0, 0.1) is 11.3 Å². The lowest BCUT2D eigenvalue weighted by atomic mass is 9.84. The number of hydrogen-bond donors (Lipinski definition) is 2. The van der Waals surface area contributed by atoms with Crippen LogP contribution in [0.2, 0.25) is 5.02 Å². The number of hydrogen-bond acceptors (Lipinski definition) is 5. The van der Waals surface area contributed by atoms with E-state index in [0.29, 0.717) is 32.5 Å². The molecule has 1 aromatic rings. The molecule has 0 aliphatic carbocycles. The number of nitrogens with one attached hydrogen (secondary N) is 2. The third-order valence-corrected chi connectivity index (χ3v) is 7.37. The molecule has 3 aliphatic rings. The van der Waals surface area contributed by atoms with Crippen LogP contribution in [0.1, 0.15) is 26.7 Å². The second kappa shape index (κ2) is 9.89. The van der Waals surface area contributed by atoms with E-state index in [2.05, 4.69) is 26.5 Å². The third kappa shape index (κ3) is 5.27. The average molecular weight is 476 g/mol. The number of amides is 3. The lowest BCUT2D eigenvalue weighted by Crippen LogP contribution is -2.49. The van der Waals surface area contributed by atoms with Gasteiger partial charge < -0.3 is 20.4 Å². The molecule has 3 aliphatic heterocycles. The van der Waals surface area contributed by atoms with E-state index in [1.165, 1.54) is 0 Å². The fourth-order valence-electron chi connectivity index (χ4n) is 5.14. The van der Waals surface area contributed by atoms with Gasteiger partial charge in [0.2, 0.25) is 17.7 Å². The van der Waals surface area contributed by atoms with Crippen molar-refractivity contribution in [2.45, 2.75) is 32.7 Å². The van der Waals surface area contributed by atoms with Gasteiger partial charge in [0.1, 0.15) is 6.04 Å². The minimum atomic E-state index is -0.622.